The van der Waals surface area contributed by atoms with Crippen molar-refractivity contribution in [1.29, 1.82) is 5.26 Å². The van der Waals surface area contributed by atoms with E-state index >= 15 is 0 Å². The molecule has 0 bridgehead atoms. The standard InChI is InChI=1S/C16H17N5O/c1-11-19-20-15(22-11)13-8-16(13)3-6-21(7-4-16)14-10-18-5-2-12(14)9-17/h2,5,10,13H,3-4,6-8H2,1H3. The first-order chi connectivity index (χ1) is 10.7. The molecular weight excluding hydrogens is 278 g/mol. The maximum absolute atomic E-state index is 9.23. The molecule has 2 aliphatic rings. The minimum absolute atomic E-state index is 0.324. The Morgan fingerprint density at radius 1 is 1.36 bits per heavy atom. The molecular formula is C16H17N5O. The number of rotatable bonds is 2. The van der Waals surface area contributed by atoms with E-state index in [0.717, 1.165) is 43.9 Å². The molecule has 112 valence electrons. The summed E-state index contributed by atoms with van der Waals surface area (Å²) in [6.45, 7) is 3.73. The number of nitriles is 1. The summed E-state index contributed by atoms with van der Waals surface area (Å²) >= 11 is 0. The Morgan fingerprint density at radius 3 is 2.86 bits per heavy atom. The van der Waals surface area contributed by atoms with Crippen molar-refractivity contribution in [3.05, 3.63) is 35.8 Å². The molecule has 0 radical (unpaired) electrons. The highest BCUT2D eigenvalue weighted by atomic mass is 16.4. The lowest BCUT2D eigenvalue weighted by atomic mass is 9.90. The summed E-state index contributed by atoms with van der Waals surface area (Å²) in [5.74, 6) is 1.86. The van der Waals surface area contributed by atoms with E-state index < -0.39 is 0 Å². The third kappa shape index (κ3) is 2.05. The number of hydrogen-bond acceptors (Lipinski definition) is 6. The summed E-state index contributed by atoms with van der Waals surface area (Å²) in [6.07, 6.45) is 6.79. The van der Waals surface area contributed by atoms with Crippen molar-refractivity contribution in [1.82, 2.24) is 15.2 Å². The van der Waals surface area contributed by atoms with Gasteiger partial charge in [-0.25, -0.2) is 0 Å². The monoisotopic (exact) mass is 295 g/mol. The van der Waals surface area contributed by atoms with Gasteiger partial charge in [0.15, 0.2) is 0 Å². The maximum atomic E-state index is 9.23. The van der Waals surface area contributed by atoms with Gasteiger partial charge >= 0.3 is 0 Å². The van der Waals surface area contributed by atoms with E-state index in [9.17, 15) is 5.26 Å². The summed E-state index contributed by atoms with van der Waals surface area (Å²) < 4.78 is 5.59. The third-order valence-electron chi connectivity index (χ3n) is 5.05. The van der Waals surface area contributed by atoms with E-state index in [-0.39, 0.29) is 0 Å². The van der Waals surface area contributed by atoms with Crippen LogP contribution < -0.4 is 4.90 Å². The minimum Gasteiger partial charge on any atom is -0.425 e. The van der Waals surface area contributed by atoms with Crippen LogP contribution in [-0.4, -0.2) is 28.3 Å². The predicted molar refractivity (Wildman–Crippen MR) is 79.2 cm³/mol. The van der Waals surface area contributed by atoms with E-state index in [0.29, 0.717) is 22.8 Å². The number of hydrogen-bond donors (Lipinski definition) is 0. The average Bonchev–Trinajstić information content (AvgIpc) is 3.07. The fourth-order valence-electron chi connectivity index (χ4n) is 3.63. The minimum atomic E-state index is 0.324. The van der Waals surface area contributed by atoms with Crippen LogP contribution in [0.4, 0.5) is 5.69 Å². The van der Waals surface area contributed by atoms with Crippen LogP contribution in [0.25, 0.3) is 0 Å². The molecule has 22 heavy (non-hydrogen) atoms. The van der Waals surface area contributed by atoms with Gasteiger partial charge in [-0.1, -0.05) is 0 Å². The lowest BCUT2D eigenvalue weighted by Gasteiger charge is -2.34. The fourth-order valence-corrected chi connectivity index (χ4v) is 3.63. The first-order valence-corrected chi connectivity index (χ1v) is 7.61. The molecule has 1 saturated heterocycles. The zero-order chi connectivity index (χ0) is 15.2. The number of pyridine rings is 1. The number of anilines is 1. The van der Waals surface area contributed by atoms with Gasteiger partial charge in [0, 0.05) is 32.1 Å². The van der Waals surface area contributed by atoms with Crippen molar-refractivity contribution in [3.8, 4) is 6.07 Å². The van der Waals surface area contributed by atoms with Gasteiger partial charge in [-0.15, -0.1) is 10.2 Å². The van der Waals surface area contributed by atoms with Gasteiger partial charge in [0.25, 0.3) is 0 Å². The van der Waals surface area contributed by atoms with Crippen molar-refractivity contribution in [2.75, 3.05) is 18.0 Å². The Hall–Kier alpha value is -2.42. The van der Waals surface area contributed by atoms with E-state index in [4.69, 9.17) is 4.42 Å². The van der Waals surface area contributed by atoms with E-state index in [1.165, 1.54) is 0 Å². The molecule has 0 aromatic carbocycles. The SMILES string of the molecule is Cc1nnc(C2CC23CCN(c2cnccc2C#N)CC3)o1. The second-order valence-corrected chi connectivity index (χ2v) is 6.27. The first-order valence-electron chi connectivity index (χ1n) is 7.61. The van der Waals surface area contributed by atoms with Gasteiger partial charge in [0.2, 0.25) is 11.8 Å². The number of piperidine rings is 1. The Balaban J connectivity index is 1.47. The van der Waals surface area contributed by atoms with E-state index in [1.54, 1.807) is 18.5 Å². The number of aryl methyl sites for hydroxylation is 1. The number of nitrogens with zero attached hydrogens (tertiary/aromatic N) is 5. The fraction of sp³-hybridized carbons (Fsp3) is 0.500. The third-order valence-corrected chi connectivity index (χ3v) is 5.05. The van der Waals surface area contributed by atoms with E-state index in [1.807, 2.05) is 6.92 Å². The Bertz CT molecular complexity index is 739. The largest absolute Gasteiger partial charge is 0.425 e. The van der Waals surface area contributed by atoms with Crippen molar-refractivity contribution < 1.29 is 4.42 Å². The van der Waals surface area contributed by atoms with Gasteiger partial charge in [-0.3, -0.25) is 4.98 Å². The Labute approximate surface area is 128 Å². The van der Waals surface area contributed by atoms with Crippen molar-refractivity contribution in [3.63, 3.8) is 0 Å². The molecule has 1 aliphatic carbocycles. The van der Waals surface area contributed by atoms with Crippen LogP contribution in [-0.2, 0) is 0 Å². The van der Waals surface area contributed by atoms with Crippen LogP contribution in [0.2, 0.25) is 0 Å². The Morgan fingerprint density at radius 2 is 2.18 bits per heavy atom. The van der Waals surface area contributed by atoms with Gasteiger partial charge in [-0.05, 0) is 30.7 Å². The molecule has 1 aliphatic heterocycles. The first kappa shape index (κ1) is 13.3. The Kier molecular flexibility index (Phi) is 2.89. The second kappa shape index (κ2) is 4.80. The molecule has 1 unspecified atom stereocenters. The second-order valence-electron chi connectivity index (χ2n) is 6.27. The highest BCUT2D eigenvalue weighted by molar-refractivity contribution is 5.58. The molecule has 2 aromatic heterocycles. The molecule has 0 N–H and O–H groups in total. The molecule has 6 heteroatoms. The molecule has 1 saturated carbocycles. The zero-order valence-corrected chi connectivity index (χ0v) is 12.5. The van der Waals surface area contributed by atoms with Crippen LogP contribution >= 0.6 is 0 Å². The highest BCUT2D eigenvalue weighted by Crippen LogP contribution is 2.64. The van der Waals surface area contributed by atoms with Crippen LogP contribution in [0.3, 0.4) is 0 Å². The van der Waals surface area contributed by atoms with Crippen molar-refractivity contribution in [2.24, 2.45) is 5.41 Å². The van der Waals surface area contributed by atoms with Crippen LogP contribution in [0.1, 0.15) is 42.5 Å². The summed E-state index contributed by atoms with van der Waals surface area (Å²) in [5.41, 5.74) is 1.97. The van der Waals surface area contributed by atoms with Crippen LogP contribution in [0.15, 0.2) is 22.9 Å². The lowest BCUT2D eigenvalue weighted by molar-refractivity contribution is 0.349. The van der Waals surface area contributed by atoms with E-state index in [2.05, 4.69) is 26.2 Å². The summed E-state index contributed by atoms with van der Waals surface area (Å²) in [7, 11) is 0. The molecule has 1 spiro atoms. The average molecular weight is 295 g/mol. The normalized spacial score (nSPS) is 22.5. The van der Waals surface area contributed by atoms with Crippen LogP contribution in [0, 0.1) is 23.7 Å². The summed E-state index contributed by atoms with van der Waals surface area (Å²) in [4.78, 5) is 6.43. The topological polar surface area (TPSA) is 78.8 Å². The zero-order valence-electron chi connectivity index (χ0n) is 12.5. The van der Waals surface area contributed by atoms with Crippen molar-refractivity contribution >= 4 is 5.69 Å². The highest BCUT2D eigenvalue weighted by Gasteiger charge is 2.58. The molecule has 6 nitrogen and oxygen atoms in total. The van der Waals surface area contributed by atoms with Gasteiger partial charge < -0.3 is 9.32 Å². The number of aromatic nitrogens is 3. The smallest absolute Gasteiger partial charge is 0.220 e. The predicted octanol–water partition coefficient (Wildman–Crippen LogP) is 2.42. The van der Waals surface area contributed by atoms with Crippen molar-refractivity contribution in [2.45, 2.75) is 32.1 Å². The molecule has 3 heterocycles. The molecule has 2 aromatic rings. The quantitative estimate of drug-likeness (QED) is 0.846. The molecule has 2 fully saturated rings. The van der Waals surface area contributed by atoms with Crippen LogP contribution in [0.5, 0.6) is 0 Å². The lowest BCUT2D eigenvalue weighted by Crippen LogP contribution is -2.35. The maximum Gasteiger partial charge on any atom is 0.220 e. The summed E-state index contributed by atoms with van der Waals surface area (Å²) in [5, 5.41) is 17.3. The molecule has 0 amide bonds. The summed E-state index contributed by atoms with van der Waals surface area (Å²) in [6, 6.07) is 4.03. The van der Waals surface area contributed by atoms with Gasteiger partial charge in [0.1, 0.15) is 6.07 Å². The van der Waals surface area contributed by atoms with Gasteiger partial charge in [-0.2, -0.15) is 5.26 Å². The molecule has 1 atom stereocenters. The molecule has 4 rings (SSSR count). The van der Waals surface area contributed by atoms with Gasteiger partial charge in [0.05, 0.1) is 17.4 Å².